The number of aromatic nitrogens is 6. The number of rotatable bonds is 8. The number of carbonyl (C=O) groups is 1. The Morgan fingerprint density at radius 1 is 1.31 bits per heavy atom. The topological polar surface area (TPSA) is 93.2 Å². The fraction of sp³-hybridized carbons (Fsp3) is 0.632. The van der Waals surface area contributed by atoms with Crippen molar-refractivity contribution in [1.82, 2.24) is 39.8 Å². The zero-order chi connectivity index (χ0) is 20.2. The van der Waals surface area contributed by atoms with Crippen molar-refractivity contribution in [3.63, 3.8) is 0 Å². The van der Waals surface area contributed by atoms with Gasteiger partial charge in [-0.05, 0) is 55.6 Å². The number of thiazole rings is 1. The van der Waals surface area contributed by atoms with Gasteiger partial charge in [-0.2, -0.15) is 0 Å². The van der Waals surface area contributed by atoms with Gasteiger partial charge in [-0.15, -0.1) is 16.4 Å². The molecule has 0 spiro atoms. The Hall–Kier alpha value is -2.33. The Balaban J connectivity index is 1.19. The Bertz CT molecular complexity index is 921. The lowest BCUT2D eigenvalue weighted by molar-refractivity contribution is -0.121. The second-order valence-corrected chi connectivity index (χ2v) is 9.13. The number of aryl methyl sites for hydroxylation is 2. The number of amides is 1. The summed E-state index contributed by atoms with van der Waals surface area (Å²) in [4.78, 5) is 21.3. The molecule has 10 heteroatoms. The standard InChI is InChI=1S/C19H28N8OS/c1-14-5-8-25(9-6-14)13-17-22-23-24-27(17)7-3-4-18(28)20-10-16-12-26-11-15(2)29-19(26)21-16/h11-12,14H,3-10,13H2,1-2H3,(H,20,28). The van der Waals surface area contributed by atoms with Crippen molar-refractivity contribution in [2.45, 2.75) is 59.2 Å². The minimum atomic E-state index is 0.0252. The first kappa shape index (κ1) is 20.0. The van der Waals surface area contributed by atoms with Crippen LogP contribution in [-0.2, 0) is 24.4 Å². The van der Waals surface area contributed by atoms with Gasteiger partial charge in [0.1, 0.15) is 0 Å². The molecular weight excluding hydrogens is 388 g/mol. The van der Waals surface area contributed by atoms with E-state index in [0.717, 1.165) is 42.0 Å². The number of hydrogen-bond donors (Lipinski definition) is 1. The molecule has 1 fully saturated rings. The highest BCUT2D eigenvalue weighted by molar-refractivity contribution is 7.16. The van der Waals surface area contributed by atoms with Crippen LogP contribution in [0.2, 0.25) is 0 Å². The SMILES string of the molecule is Cc1cn2cc(CNC(=O)CCCn3nnnc3CN3CCC(C)CC3)nc2s1. The first-order chi connectivity index (χ1) is 14.1. The number of piperidine rings is 1. The molecule has 1 saturated heterocycles. The molecule has 4 heterocycles. The number of imidazole rings is 1. The van der Waals surface area contributed by atoms with Gasteiger partial charge < -0.3 is 5.32 Å². The van der Waals surface area contributed by atoms with Gasteiger partial charge in [-0.25, -0.2) is 9.67 Å². The Morgan fingerprint density at radius 2 is 2.14 bits per heavy atom. The third-order valence-corrected chi connectivity index (χ3v) is 6.32. The van der Waals surface area contributed by atoms with Crippen LogP contribution in [-0.4, -0.2) is 53.5 Å². The molecule has 0 saturated carbocycles. The van der Waals surface area contributed by atoms with E-state index in [1.54, 1.807) is 11.3 Å². The van der Waals surface area contributed by atoms with Gasteiger partial charge in [0.2, 0.25) is 5.91 Å². The number of fused-ring (bicyclic) bond motifs is 1. The summed E-state index contributed by atoms with van der Waals surface area (Å²) < 4.78 is 3.83. The van der Waals surface area contributed by atoms with E-state index >= 15 is 0 Å². The number of tetrazole rings is 1. The van der Waals surface area contributed by atoms with Crippen molar-refractivity contribution in [2.24, 2.45) is 5.92 Å². The Labute approximate surface area is 174 Å². The third-order valence-electron chi connectivity index (χ3n) is 5.41. The van der Waals surface area contributed by atoms with Gasteiger partial charge in [0.25, 0.3) is 0 Å². The highest BCUT2D eigenvalue weighted by atomic mass is 32.1. The van der Waals surface area contributed by atoms with Crippen LogP contribution in [0.3, 0.4) is 0 Å². The highest BCUT2D eigenvalue weighted by Gasteiger charge is 2.18. The van der Waals surface area contributed by atoms with Gasteiger partial charge in [-0.1, -0.05) is 6.92 Å². The molecule has 1 aliphatic heterocycles. The molecule has 0 bridgehead atoms. The van der Waals surface area contributed by atoms with Crippen LogP contribution in [0.5, 0.6) is 0 Å². The first-order valence-corrected chi connectivity index (χ1v) is 11.1. The summed E-state index contributed by atoms with van der Waals surface area (Å²) >= 11 is 1.65. The van der Waals surface area contributed by atoms with Gasteiger partial charge in [0.05, 0.1) is 18.8 Å². The molecule has 9 nitrogen and oxygen atoms in total. The molecule has 4 rings (SSSR count). The summed E-state index contributed by atoms with van der Waals surface area (Å²) in [6, 6.07) is 0. The fourth-order valence-electron chi connectivity index (χ4n) is 3.64. The molecular formula is C19H28N8OS. The van der Waals surface area contributed by atoms with Gasteiger partial charge in [0, 0.05) is 30.2 Å². The van der Waals surface area contributed by atoms with Gasteiger partial charge >= 0.3 is 0 Å². The smallest absolute Gasteiger partial charge is 0.220 e. The van der Waals surface area contributed by atoms with Crippen molar-refractivity contribution in [1.29, 1.82) is 0 Å². The highest BCUT2D eigenvalue weighted by Crippen LogP contribution is 2.18. The molecule has 0 radical (unpaired) electrons. The summed E-state index contributed by atoms with van der Waals surface area (Å²) in [5.41, 5.74) is 0.878. The molecule has 1 N–H and O–H groups in total. The maximum Gasteiger partial charge on any atom is 0.220 e. The van der Waals surface area contributed by atoms with Crippen LogP contribution < -0.4 is 5.32 Å². The summed E-state index contributed by atoms with van der Waals surface area (Å²) in [5, 5.41) is 15.0. The van der Waals surface area contributed by atoms with E-state index in [1.165, 1.54) is 17.7 Å². The zero-order valence-corrected chi connectivity index (χ0v) is 17.9. The lowest BCUT2D eigenvalue weighted by Gasteiger charge is -2.29. The normalized spacial score (nSPS) is 15.9. The van der Waals surface area contributed by atoms with E-state index in [2.05, 4.69) is 44.6 Å². The number of likely N-dealkylation sites (tertiary alicyclic amines) is 1. The minimum absolute atomic E-state index is 0.0252. The predicted molar refractivity (Wildman–Crippen MR) is 110 cm³/mol. The van der Waals surface area contributed by atoms with Crippen LogP contribution in [0, 0.1) is 12.8 Å². The van der Waals surface area contributed by atoms with Crippen molar-refractivity contribution < 1.29 is 4.79 Å². The number of nitrogens with zero attached hydrogens (tertiary/aromatic N) is 7. The molecule has 1 amide bonds. The summed E-state index contributed by atoms with van der Waals surface area (Å²) in [6.07, 6.45) is 7.63. The van der Waals surface area contributed by atoms with Gasteiger partial charge in [-0.3, -0.25) is 14.1 Å². The minimum Gasteiger partial charge on any atom is -0.350 e. The molecule has 3 aromatic rings. The third kappa shape index (κ3) is 5.18. The molecule has 0 atom stereocenters. The molecule has 156 valence electrons. The van der Waals surface area contributed by atoms with Crippen molar-refractivity contribution in [3.05, 3.63) is 28.8 Å². The average Bonchev–Trinajstić information content (AvgIpc) is 3.37. The molecule has 3 aromatic heterocycles. The monoisotopic (exact) mass is 416 g/mol. The summed E-state index contributed by atoms with van der Waals surface area (Å²) in [7, 11) is 0. The number of nitrogens with one attached hydrogen (secondary N) is 1. The molecule has 0 unspecified atom stereocenters. The fourth-order valence-corrected chi connectivity index (χ4v) is 4.47. The van der Waals surface area contributed by atoms with Crippen molar-refractivity contribution in [2.75, 3.05) is 13.1 Å². The molecule has 29 heavy (non-hydrogen) atoms. The van der Waals surface area contributed by atoms with E-state index in [-0.39, 0.29) is 5.91 Å². The summed E-state index contributed by atoms with van der Waals surface area (Å²) in [6.45, 7) is 8.45. The maximum absolute atomic E-state index is 12.2. The summed E-state index contributed by atoms with van der Waals surface area (Å²) in [5.74, 6) is 1.72. The van der Waals surface area contributed by atoms with Crippen LogP contribution >= 0.6 is 11.3 Å². The number of carbonyl (C=O) groups excluding carboxylic acids is 1. The van der Waals surface area contributed by atoms with Crippen LogP contribution in [0.4, 0.5) is 0 Å². The van der Waals surface area contributed by atoms with Crippen molar-refractivity contribution >= 4 is 22.2 Å². The van der Waals surface area contributed by atoms with Crippen LogP contribution in [0.15, 0.2) is 12.4 Å². The second kappa shape index (κ2) is 9.00. The second-order valence-electron chi connectivity index (χ2n) is 7.92. The lowest BCUT2D eigenvalue weighted by Crippen LogP contribution is -2.33. The maximum atomic E-state index is 12.2. The van der Waals surface area contributed by atoms with Crippen molar-refractivity contribution in [3.8, 4) is 0 Å². The van der Waals surface area contributed by atoms with Crippen LogP contribution in [0.25, 0.3) is 4.96 Å². The van der Waals surface area contributed by atoms with Crippen LogP contribution in [0.1, 0.15) is 49.0 Å². The quantitative estimate of drug-likeness (QED) is 0.604. The Kier molecular flexibility index (Phi) is 6.19. The van der Waals surface area contributed by atoms with E-state index < -0.39 is 0 Å². The predicted octanol–water partition coefficient (Wildman–Crippen LogP) is 2.02. The van der Waals surface area contributed by atoms with E-state index in [4.69, 9.17) is 0 Å². The molecule has 1 aliphatic rings. The largest absolute Gasteiger partial charge is 0.350 e. The van der Waals surface area contributed by atoms with E-state index in [9.17, 15) is 4.79 Å². The van der Waals surface area contributed by atoms with E-state index in [0.29, 0.717) is 25.9 Å². The molecule has 0 aliphatic carbocycles. The average molecular weight is 417 g/mol. The zero-order valence-electron chi connectivity index (χ0n) is 17.0. The Morgan fingerprint density at radius 3 is 2.93 bits per heavy atom. The van der Waals surface area contributed by atoms with Gasteiger partial charge in [0.15, 0.2) is 10.8 Å². The first-order valence-electron chi connectivity index (χ1n) is 10.2. The number of hydrogen-bond acceptors (Lipinski definition) is 7. The lowest BCUT2D eigenvalue weighted by atomic mass is 9.99. The molecule has 0 aromatic carbocycles. The van der Waals surface area contributed by atoms with E-state index in [1.807, 2.05) is 21.5 Å².